The van der Waals surface area contributed by atoms with Crippen LogP contribution < -0.4 is 0 Å². The molecule has 0 bridgehead atoms. The van der Waals surface area contributed by atoms with Gasteiger partial charge in [-0.2, -0.15) is 0 Å². The number of amides is 1. The number of aromatic nitrogens is 1. The van der Waals surface area contributed by atoms with Crippen molar-refractivity contribution in [3.63, 3.8) is 0 Å². The molecule has 0 unspecified atom stereocenters. The molecule has 1 aromatic heterocycles. The second kappa shape index (κ2) is 6.03. The lowest BCUT2D eigenvalue weighted by Gasteiger charge is -2.26. The van der Waals surface area contributed by atoms with Gasteiger partial charge in [0, 0.05) is 32.4 Å². The number of carboxylic acid groups (broad SMARTS) is 1. The van der Waals surface area contributed by atoms with Crippen LogP contribution >= 0.6 is 0 Å². The molecule has 1 aromatic rings. The average Bonchev–Trinajstić information content (AvgIpc) is 2.89. The molecule has 1 saturated carbocycles. The molecule has 0 spiro atoms. The van der Waals surface area contributed by atoms with E-state index in [4.69, 9.17) is 0 Å². The maximum atomic E-state index is 12.3. The van der Waals surface area contributed by atoms with Crippen molar-refractivity contribution in [1.29, 1.82) is 0 Å². The Hall–Kier alpha value is -1.91. The van der Waals surface area contributed by atoms with Gasteiger partial charge in [0.15, 0.2) is 0 Å². The van der Waals surface area contributed by atoms with E-state index >= 15 is 0 Å². The first kappa shape index (κ1) is 14.5. The van der Waals surface area contributed by atoms with Gasteiger partial charge in [0.05, 0.1) is 5.41 Å². The Balaban J connectivity index is 1.98. The summed E-state index contributed by atoms with van der Waals surface area (Å²) in [6, 6.07) is 3.72. The van der Waals surface area contributed by atoms with Crippen molar-refractivity contribution in [2.45, 2.75) is 38.6 Å². The number of carbonyl (C=O) groups is 2. The van der Waals surface area contributed by atoms with Crippen LogP contribution in [-0.2, 0) is 16.1 Å². The first-order valence-electron chi connectivity index (χ1n) is 6.90. The number of carboxylic acids is 1. The van der Waals surface area contributed by atoms with Gasteiger partial charge >= 0.3 is 5.97 Å². The molecular weight excluding hydrogens is 256 g/mol. The lowest BCUT2D eigenvalue weighted by atomic mass is 9.82. The third-order valence-electron chi connectivity index (χ3n) is 4.07. The van der Waals surface area contributed by atoms with Crippen molar-refractivity contribution in [2.75, 3.05) is 7.05 Å². The molecule has 5 heteroatoms. The van der Waals surface area contributed by atoms with Crippen LogP contribution in [0.25, 0.3) is 0 Å². The van der Waals surface area contributed by atoms with Gasteiger partial charge in [0.25, 0.3) is 0 Å². The highest BCUT2D eigenvalue weighted by molar-refractivity contribution is 5.85. The molecule has 0 atom stereocenters. The van der Waals surface area contributed by atoms with Crippen LogP contribution in [0.1, 0.15) is 37.7 Å². The number of pyridine rings is 1. The lowest BCUT2D eigenvalue weighted by molar-refractivity contribution is -0.153. The highest BCUT2D eigenvalue weighted by Gasteiger charge is 2.43. The van der Waals surface area contributed by atoms with Gasteiger partial charge < -0.3 is 10.0 Å². The number of aliphatic carboxylic acids is 1. The molecule has 0 aliphatic heterocycles. The van der Waals surface area contributed by atoms with E-state index in [0.29, 0.717) is 19.4 Å². The Labute approximate surface area is 118 Å². The predicted octanol–water partition coefficient (Wildman–Crippen LogP) is 2.08. The topological polar surface area (TPSA) is 70.5 Å². The third kappa shape index (κ3) is 3.15. The van der Waals surface area contributed by atoms with Crippen LogP contribution in [0.3, 0.4) is 0 Å². The minimum atomic E-state index is -0.847. The fourth-order valence-electron chi connectivity index (χ4n) is 2.80. The number of rotatable bonds is 5. The molecule has 2 rings (SSSR count). The Morgan fingerprint density at radius 3 is 2.65 bits per heavy atom. The highest BCUT2D eigenvalue weighted by atomic mass is 16.4. The fourth-order valence-corrected chi connectivity index (χ4v) is 2.80. The minimum absolute atomic E-state index is 0.0963. The van der Waals surface area contributed by atoms with E-state index in [1.54, 1.807) is 24.3 Å². The van der Waals surface area contributed by atoms with Gasteiger partial charge in [0.1, 0.15) is 0 Å². The Bertz CT molecular complexity index is 481. The van der Waals surface area contributed by atoms with Gasteiger partial charge in [-0.1, -0.05) is 18.9 Å². The number of nitrogens with zero attached hydrogens (tertiary/aromatic N) is 2. The van der Waals surface area contributed by atoms with Crippen LogP contribution in [0.2, 0.25) is 0 Å². The summed E-state index contributed by atoms with van der Waals surface area (Å²) in [6.07, 6.45) is 6.50. The molecule has 0 radical (unpaired) electrons. The van der Waals surface area contributed by atoms with Crippen molar-refractivity contribution in [3.8, 4) is 0 Å². The quantitative estimate of drug-likeness (QED) is 0.893. The highest BCUT2D eigenvalue weighted by Crippen LogP contribution is 2.41. The second-order valence-corrected chi connectivity index (χ2v) is 5.58. The van der Waals surface area contributed by atoms with Gasteiger partial charge in [-0.15, -0.1) is 0 Å². The maximum Gasteiger partial charge on any atom is 0.310 e. The van der Waals surface area contributed by atoms with Crippen molar-refractivity contribution in [1.82, 2.24) is 9.88 Å². The molecule has 1 heterocycles. The summed E-state index contributed by atoms with van der Waals surface area (Å²) >= 11 is 0. The summed E-state index contributed by atoms with van der Waals surface area (Å²) in [5.74, 6) is -0.948. The Morgan fingerprint density at radius 2 is 2.10 bits per heavy atom. The normalized spacial score (nSPS) is 16.9. The second-order valence-electron chi connectivity index (χ2n) is 5.58. The Kier molecular flexibility index (Phi) is 4.37. The molecule has 1 N–H and O–H groups in total. The van der Waals surface area contributed by atoms with Gasteiger partial charge in [0.2, 0.25) is 5.91 Å². The zero-order valence-electron chi connectivity index (χ0n) is 11.7. The average molecular weight is 276 g/mol. The molecule has 0 saturated heterocycles. The molecule has 108 valence electrons. The number of hydrogen-bond acceptors (Lipinski definition) is 3. The summed E-state index contributed by atoms with van der Waals surface area (Å²) in [4.78, 5) is 29.3. The van der Waals surface area contributed by atoms with E-state index in [1.165, 1.54) is 0 Å². The summed E-state index contributed by atoms with van der Waals surface area (Å²) in [5, 5.41) is 9.40. The number of hydrogen-bond donors (Lipinski definition) is 1. The van der Waals surface area contributed by atoms with E-state index in [-0.39, 0.29) is 12.3 Å². The molecule has 20 heavy (non-hydrogen) atoms. The molecule has 1 aliphatic carbocycles. The third-order valence-corrected chi connectivity index (χ3v) is 4.07. The standard InChI is InChI=1S/C15H20N2O3/c1-17(11-12-5-4-8-16-10-12)13(18)9-15(14(19)20)6-2-3-7-15/h4-5,8,10H,2-3,6-7,9,11H2,1H3,(H,19,20). The molecule has 1 fully saturated rings. The summed E-state index contributed by atoms with van der Waals surface area (Å²) in [7, 11) is 1.71. The zero-order chi connectivity index (χ0) is 14.6. The molecule has 5 nitrogen and oxygen atoms in total. The minimum Gasteiger partial charge on any atom is -0.481 e. The Morgan fingerprint density at radius 1 is 1.40 bits per heavy atom. The van der Waals surface area contributed by atoms with Crippen molar-refractivity contribution in [2.24, 2.45) is 5.41 Å². The molecule has 1 aliphatic rings. The SMILES string of the molecule is CN(Cc1cccnc1)C(=O)CC1(C(=O)O)CCCC1. The maximum absolute atomic E-state index is 12.3. The van der Waals surface area contributed by atoms with E-state index in [0.717, 1.165) is 18.4 Å². The van der Waals surface area contributed by atoms with Crippen molar-refractivity contribution < 1.29 is 14.7 Å². The lowest BCUT2D eigenvalue weighted by Crippen LogP contribution is -2.36. The van der Waals surface area contributed by atoms with E-state index in [2.05, 4.69) is 4.98 Å². The summed E-state index contributed by atoms with van der Waals surface area (Å²) < 4.78 is 0. The first-order valence-corrected chi connectivity index (χ1v) is 6.90. The van der Waals surface area contributed by atoms with E-state index in [9.17, 15) is 14.7 Å². The van der Waals surface area contributed by atoms with E-state index < -0.39 is 11.4 Å². The summed E-state index contributed by atoms with van der Waals surface area (Å²) in [5.41, 5.74) is 0.0967. The predicted molar refractivity (Wildman–Crippen MR) is 73.9 cm³/mol. The number of carbonyl (C=O) groups excluding carboxylic acids is 1. The van der Waals surface area contributed by atoms with E-state index in [1.807, 2.05) is 12.1 Å². The van der Waals surface area contributed by atoms with Crippen LogP contribution in [0, 0.1) is 5.41 Å². The van der Waals surface area contributed by atoms with Crippen LogP contribution in [-0.4, -0.2) is 33.9 Å². The van der Waals surface area contributed by atoms with Gasteiger partial charge in [-0.3, -0.25) is 14.6 Å². The molecule has 1 amide bonds. The molecular formula is C15H20N2O3. The van der Waals surface area contributed by atoms with Crippen molar-refractivity contribution in [3.05, 3.63) is 30.1 Å². The molecule has 0 aromatic carbocycles. The smallest absolute Gasteiger partial charge is 0.310 e. The van der Waals surface area contributed by atoms with Crippen LogP contribution in [0.4, 0.5) is 0 Å². The monoisotopic (exact) mass is 276 g/mol. The van der Waals surface area contributed by atoms with Crippen LogP contribution in [0.5, 0.6) is 0 Å². The fraction of sp³-hybridized carbons (Fsp3) is 0.533. The van der Waals surface area contributed by atoms with Crippen molar-refractivity contribution >= 4 is 11.9 Å². The van der Waals surface area contributed by atoms with Crippen LogP contribution in [0.15, 0.2) is 24.5 Å². The largest absolute Gasteiger partial charge is 0.481 e. The zero-order valence-corrected chi connectivity index (χ0v) is 11.7. The summed E-state index contributed by atoms with van der Waals surface area (Å²) in [6.45, 7) is 0.461. The van der Waals surface area contributed by atoms with Gasteiger partial charge in [-0.05, 0) is 24.5 Å². The first-order chi connectivity index (χ1) is 9.53. The van der Waals surface area contributed by atoms with Gasteiger partial charge in [-0.25, -0.2) is 0 Å².